The molecule has 2 saturated heterocycles. The molecular weight excluding hydrogens is 316 g/mol. The van der Waals surface area contributed by atoms with E-state index in [9.17, 15) is 8.42 Å². The molecule has 0 aromatic rings. The maximum absolute atomic E-state index is 11.8. The van der Waals surface area contributed by atoms with E-state index < -0.39 is 10.0 Å². The van der Waals surface area contributed by atoms with Gasteiger partial charge in [-0.15, -0.1) is 0 Å². The van der Waals surface area contributed by atoms with E-state index in [1.165, 1.54) is 0 Å². The van der Waals surface area contributed by atoms with E-state index >= 15 is 0 Å². The first-order valence-electron chi connectivity index (χ1n) is 8.50. The fraction of sp³-hybridized carbons (Fsp3) is 0.933. The monoisotopic (exact) mass is 346 g/mol. The highest BCUT2D eigenvalue weighted by molar-refractivity contribution is 7.89. The van der Waals surface area contributed by atoms with Gasteiger partial charge in [-0.05, 0) is 31.6 Å². The second-order valence-electron chi connectivity index (χ2n) is 6.31. The van der Waals surface area contributed by atoms with Gasteiger partial charge in [0.2, 0.25) is 10.0 Å². The standard InChI is InChI=1S/C15H30N4O3S/c1-16-15(17-7-10-19-8-3-13-23(19,20)21)18(2)9-4-14-5-11-22-12-6-14/h14H,3-13H2,1-2H3,(H,16,17). The number of nitrogens with one attached hydrogen (secondary N) is 1. The predicted octanol–water partition coefficient (Wildman–Crippen LogP) is 0.346. The maximum Gasteiger partial charge on any atom is 0.214 e. The first-order valence-corrected chi connectivity index (χ1v) is 10.1. The number of sulfonamides is 1. The van der Waals surface area contributed by atoms with Crippen LogP contribution in [0, 0.1) is 5.92 Å². The van der Waals surface area contributed by atoms with E-state index in [0.717, 1.165) is 57.3 Å². The second-order valence-corrected chi connectivity index (χ2v) is 8.40. The number of nitrogens with zero attached hydrogens (tertiary/aromatic N) is 3. The zero-order chi connectivity index (χ0) is 16.7. The quantitative estimate of drug-likeness (QED) is 0.555. The lowest BCUT2D eigenvalue weighted by atomic mass is 9.96. The van der Waals surface area contributed by atoms with Crippen molar-refractivity contribution < 1.29 is 13.2 Å². The fourth-order valence-corrected chi connectivity index (χ4v) is 4.67. The van der Waals surface area contributed by atoms with Crippen molar-refractivity contribution in [3.05, 3.63) is 0 Å². The number of rotatable bonds is 6. The van der Waals surface area contributed by atoms with Gasteiger partial charge in [0.25, 0.3) is 0 Å². The van der Waals surface area contributed by atoms with Crippen LogP contribution in [0.25, 0.3) is 0 Å². The number of aliphatic imine (C=N–C) groups is 1. The smallest absolute Gasteiger partial charge is 0.214 e. The van der Waals surface area contributed by atoms with E-state index in [0.29, 0.717) is 19.6 Å². The second kappa shape index (κ2) is 8.84. The van der Waals surface area contributed by atoms with Crippen LogP contribution in [0.2, 0.25) is 0 Å². The molecule has 7 nitrogen and oxygen atoms in total. The minimum absolute atomic E-state index is 0.284. The molecule has 0 spiro atoms. The average molecular weight is 346 g/mol. The molecule has 2 rings (SSSR count). The molecule has 134 valence electrons. The van der Waals surface area contributed by atoms with Crippen molar-refractivity contribution in [2.45, 2.75) is 25.7 Å². The van der Waals surface area contributed by atoms with Crippen molar-refractivity contribution in [1.29, 1.82) is 0 Å². The van der Waals surface area contributed by atoms with Crippen LogP contribution in [0.1, 0.15) is 25.7 Å². The molecule has 0 aromatic heterocycles. The molecule has 0 atom stereocenters. The van der Waals surface area contributed by atoms with Crippen LogP contribution in [0.5, 0.6) is 0 Å². The van der Waals surface area contributed by atoms with Crippen LogP contribution in [-0.4, -0.2) is 82.8 Å². The summed E-state index contributed by atoms with van der Waals surface area (Å²) in [4.78, 5) is 6.41. The summed E-state index contributed by atoms with van der Waals surface area (Å²) in [6.45, 7) is 4.45. The molecule has 0 amide bonds. The number of ether oxygens (including phenoxy) is 1. The first-order chi connectivity index (χ1) is 11.0. The molecule has 2 aliphatic rings. The molecule has 0 unspecified atom stereocenters. The zero-order valence-electron chi connectivity index (χ0n) is 14.3. The molecule has 0 radical (unpaired) electrons. The Morgan fingerprint density at radius 1 is 1.39 bits per heavy atom. The largest absolute Gasteiger partial charge is 0.381 e. The molecule has 0 bridgehead atoms. The summed E-state index contributed by atoms with van der Waals surface area (Å²) in [5.74, 6) is 1.85. The Morgan fingerprint density at radius 3 is 2.74 bits per heavy atom. The Hall–Kier alpha value is -0.860. The van der Waals surface area contributed by atoms with Gasteiger partial charge in [-0.25, -0.2) is 12.7 Å². The van der Waals surface area contributed by atoms with Crippen LogP contribution in [0.3, 0.4) is 0 Å². The Labute approximate surface area is 140 Å². The third-order valence-corrected chi connectivity index (χ3v) is 6.59. The number of guanidine groups is 1. The van der Waals surface area contributed by atoms with E-state index in [1.54, 1.807) is 11.4 Å². The van der Waals surface area contributed by atoms with Crippen molar-refractivity contribution in [2.24, 2.45) is 10.9 Å². The molecule has 2 fully saturated rings. The maximum atomic E-state index is 11.8. The van der Waals surface area contributed by atoms with Crippen molar-refractivity contribution in [2.75, 3.05) is 59.2 Å². The topological polar surface area (TPSA) is 74.2 Å². The van der Waals surface area contributed by atoms with E-state index in [-0.39, 0.29) is 5.75 Å². The molecule has 23 heavy (non-hydrogen) atoms. The highest BCUT2D eigenvalue weighted by atomic mass is 32.2. The predicted molar refractivity (Wildman–Crippen MR) is 92.1 cm³/mol. The number of hydrogen-bond acceptors (Lipinski definition) is 4. The van der Waals surface area contributed by atoms with Crippen LogP contribution >= 0.6 is 0 Å². The zero-order valence-corrected chi connectivity index (χ0v) is 15.1. The van der Waals surface area contributed by atoms with Crippen molar-refractivity contribution >= 4 is 16.0 Å². The summed E-state index contributed by atoms with van der Waals surface area (Å²) in [6, 6.07) is 0. The number of hydrogen-bond donors (Lipinski definition) is 1. The summed E-state index contributed by atoms with van der Waals surface area (Å²) in [5.41, 5.74) is 0. The summed E-state index contributed by atoms with van der Waals surface area (Å²) in [5, 5.41) is 3.27. The lowest BCUT2D eigenvalue weighted by molar-refractivity contribution is 0.0625. The molecular formula is C15H30N4O3S. The summed E-state index contributed by atoms with van der Waals surface area (Å²) in [6.07, 6.45) is 4.17. The van der Waals surface area contributed by atoms with Gasteiger partial charge in [-0.3, -0.25) is 4.99 Å². The average Bonchev–Trinajstić information content (AvgIpc) is 2.89. The Balaban J connectivity index is 1.69. The van der Waals surface area contributed by atoms with E-state index in [4.69, 9.17) is 4.74 Å². The third-order valence-electron chi connectivity index (χ3n) is 4.63. The third kappa shape index (κ3) is 5.61. The van der Waals surface area contributed by atoms with Gasteiger partial charge < -0.3 is 15.0 Å². The van der Waals surface area contributed by atoms with Crippen molar-refractivity contribution in [3.8, 4) is 0 Å². The molecule has 0 aliphatic carbocycles. The Kier molecular flexibility index (Phi) is 7.10. The van der Waals surface area contributed by atoms with Gasteiger partial charge in [0.1, 0.15) is 0 Å². The lowest BCUT2D eigenvalue weighted by Gasteiger charge is -2.27. The van der Waals surface area contributed by atoms with Gasteiger partial charge in [0, 0.05) is 53.5 Å². The van der Waals surface area contributed by atoms with Crippen LogP contribution < -0.4 is 5.32 Å². The van der Waals surface area contributed by atoms with Crippen LogP contribution in [-0.2, 0) is 14.8 Å². The van der Waals surface area contributed by atoms with Gasteiger partial charge >= 0.3 is 0 Å². The van der Waals surface area contributed by atoms with Crippen LogP contribution in [0.15, 0.2) is 4.99 Å². The SMILES string of the molecule is CN=C(NCCN1CCCS1(=O)=O)N(C)CCC1CCOCC1. The van der Waals surface area contributed by atoms with Crippen molar-refractivity contribution in [3.63, 3.8) is 0 Å². The molecule has 8 heteroatoms. The van der Waals surface area contributed by atoms with Crippen molar-refractivity contribution in [1.82, 2.24) is 14.5 Å². The van der Waals surface area contributed by atoms with Gasteiger partial charge in [-0.1, -0.05) is 0 Å². The lowest BCUT2D eigenvalue weighted by Crippen LogP contribution is -2.43. The van der Waals surface area contributed by atoms with E-state index in [2.05, 4.69) is 15.2 Å². The highest BCUT2D eigenvalue weighted by Gasteiger charge is 2.27. The molecule has 0 saturated carbocycles. The van der Waals surface area contributed by atoms with Gasteiger partial charge in [0.05, 0.1) is 5.75 Å². The molecule has 2 aliphatic heterocycles. The minimum Gasteiger partial charge on any atom is -0.381 e. The van der Waals surface area contributed by atoms with E-state index in [1.807, 2.05) is 7.05 Å². The Morgan fingerprint density at radius 2 is 2.13 bits per heavy atom. The first kappa shape index (κ1) is 18.5. The fourth-order valence-electron chi connectivity index (χ4n) is 3.14. The van der Waals surface area contributed by atoms with Gasteiger partial charge in [-0.2, -0.15) is 0 Å². The molecule has 2 heterocycles. The summed E-state index contributed by atoms with van der Waals surface area (Å²) >= 11 is 0. The Bertz CT molecular complexity index is 489. The summed E-state index contributed by atoms with van der Waals surface area (Å²) < 4.78 is 30.5. The van der Waals surface area contributed by atoms with Gasteiger partial charge in [0.15, 0.2) is 5.96 Å². The summed E-state index contributed by atoms with van der Waals surface area (Å²) in [7, 11) is 0.784. The molecule has 1 N–H and O–H groups in total. The minimum atomic E-state index is -3.01. The normalized spacial score (nSPS) is 23.1. The highest BCUT2D eigenvalue weighted by Crippen LogP contribution is 2.18. The molecule has 0 aromatic carbocycles. The van der Waals surface area contributed by atoms with Crippen LogP contribution in [0.4, 0.5) is 0 Å².